The molecular formula is C11H14OS2. The van der Waals surface area contributed by atoms with Crippen LogP contribution in [0, 0.1) is 11.8 Å². The number of thioether (sulfide) groups is 1. The Labute approximate surface area is 93.5 Å². The predicted octanol–water partition coefficient (Wildman–Crippen LogP) is 2.74. The molecule has 14 heavy (non-hydrogen) atoms. The molecule has 1 nitrogen and oxygen atoms in total. The average Bonchev–Trinajstić information content (AvgIpc) is 2.63. The maximum absolute atomic E-state index is 8.53. The molecule has 1 aromatic rings. The highest BCUT2D eigenvalue weighted by molar-refractivity contribution is 7.98. The van der Waals surface area contributed by atoms with Crippen molar-refractivity contribution < 1.29 is 5.11 Å². The van der Waals surface area contributed by atoms with Crippen molar-refractivity contribution in [2.75, 3.05) is 12.4 Å². The van der Waals surface area contributed by atoms with Gasteiger partial charge in [0, 0.05) is 21.6 Å². The molecule has 0 amide bonds. The fraction of sp³-hybridized carbons (Fsp3) is 0.455. The third-order valence-electron chi connectivity index (χ3n) is 1.56. The SMILES string of the molecule is CCCSCc1cc(C#CCO)cs1. The highest BCUT2D eigenvalue weighted by Gasteiger charge is 1.97. The van der Waals surface area contributed by atoms with E-state index in [9.17, 15) is 0 Å². The summed E-state index contributed by atoms with van der Waals surface area (Å²) in [6.07, 6.45) is 1.23. The standard InChI is InChI=1S/C11H14OS2/c1-2-6-13-9-11-7-10(8-14-11)4-3-5-12/h7-8,12H,2,5-6,9H2,1H3. The first-order valence-corrected chi connectivity index (χ1v) is 6.65. The van der Waals surface area contributed by atoms with Crippen molar-refractivity contribution in [3.63, 3.8) is 0 Å². The van der Waals surface area contributed by atoms with E-state index in [0.717, 1.165) is 11.3 Å². The lowest BCUT2D eigenvalue weighted by Gasteiger charge is -1.94. The molecule has 0 bridgehead atoms. The van der Waals surface area contributed by atoms with Crippen molar-refractivity contribution in [3.8, 4) is 11.8 Å². The van der Waals surface area contributed by atoms with Crippen LogP contribution in [0.1, 0.15) is 23.8 Å². The fourth-order valence-corrected chi connectivity index (χ4v) is 2.82. The lowest BCUT2D eigenvalue weighted by Crippen LogP contribution is -1.77. The van der Waals surface area contributed by atoms with Crippen LogP contribution < -0.4 is 0 Å². The van der Waals surface area contributed by atoms with E-state index in [1.54, 1.807) is 11.3 Å². The van der Waals surface area contributed by atoms with E-state index in [2.05, 4.69) is 24.8 Å². The third-order valence-corrected chi connectivity index (χ3v) is 3.89. The summed E-state index contributed by atoms with van der Waals surface area (Å²) in [5, 5.41) is 10.6. The lowest BCUT2D eigenvalue weighted by molar-refractivity contribution is 0.350. The predicted molar refractivity (Wildman–Crippen MR) is 64.7 cm³/mol. The maximum atomic E-state index is 8.53. The molecule has 0 fully saturated rings. The van der Waals surface area contributed by atoms with Gasteiger partial charge in [-0.15, -0.1) is 11.3 Å². The summed E-state index contributed by atoms with van der Waals surface area (Å²) in [7, 11) is 0. The maximum Gasteiger partial charge on any atom is 0.104 e. The van der Waals surface area contributed by atoms with Crippen molar-refractivity contribution >= 4 is 23.1 Å². The Balaban J connectivity index is 2.42. The number of aliphatic hydroxyl groups is 1. The molecule has 0 aliphatic heterocycles. The largest absolute Gasteiger partial charge is 0.384 e. The van der Waals surface area contributed by atoms with Gasteiger partial charge in [-0.25, -0.2) is 0 Å². The zero-order valence-corrected chi connectivity index (χ0v) is 9.88. The Hall–Kier alpha value is -0.430. The topological polar surface area (TPSA) is 20.2 Å². The van der Waals surface area contributed by atoms with Gasteiger partial charge < -0.3 is 5.11 Å². The molecule has 0 aromatic carbocycles. The van der Waals surface area contributed by atoms with Gasteiger partial charge in [0.2, 0.25) is 0 Å². The summed E-state index contributed by atoms with van der Waals surface area (Å²) in [4.78, 5) is 1.37. The smallest absolute Gasteiger partial charge is 0.104 e. The molecule has 0 aliphatic carbocycles. The van der Waals surface area contributed by atoms with E-state index in [1.807, 2.05) is 17.1 Å². The van der Waals surface area contributed by atoms with Gasteiger partial charge in [0.15, 0.2) is 0 Å². The monoisotopic (exact) mass is 226 g/mol. The highest BCUT2D eigenvalue weighted by atomic mass is 32.2. The molecule has 0 saturated heterocycles. The summed E-state index contributed by atoms with van der Waals surface area (Å²) in [5.41, 5.74) is 1.02. The van der Waals surface area contributed by atoms with Crippen molar-refractivity contribution in [1.29, 1.82) is 0 Å². The molecule has 76 valence electrons. The minimum atomic E-state index is -0.0598. The molecule has 1 N–H and O–H groups in total. The molecule has 3 heteroatoms. The van der Waals surface area contributed by atoms with Gasteiger partial charge in [0.05, 0.1) is 0 Å². The molecule has 0 atom stereocenters. The van der Waals surface area contributed by atoms with E-state index in [-0.39, 0.29) is 6.61 Å². The zero-order valence-electron chi connectivity index (χ0n) is 8.25. The van der Waals surface area contributed by atoms with E-state index in [0.29, 0.717) is 0 Å². The Bertz CT molecular complexity index is 320. The van der Waals surface area contributed by atoms with Gasteiger partial charge in [-0.3, -0.25) is 0 Å². The van der Waals surface area contributed by atoms with Crippen molar-refractivity contribution in [3.05, 3.63) is 21.9 Å². The Morgan fingerprint density at radius 3 is 3.14 bits per heavy atom. The van der Waals surface area contributed by atoms with E-state index in [1.165, 1.54) is 17.1 Å². The molecule has 0 saturated carbocycles. The van der Waals surface area contributed by atoms with Crippen LogP contribution in [0.15, 0.2) is 11.4 Å². The second kappa shape index (κ2) is 6.94. The van der Waals surface area contributed by atoms with Crippen LogP contribution in [0.2, 0.25) is 0 Å². The van der Waals surface area contributed by atoms with Gasteiger partial charge in [-0.2, -0.15) is 11.8 Å². The van der Waals surface area contributed by atoms with Crippen LogP contribution in [-0.4, -0.2) is 17.5 Å². The van der Waals surface area contributed by atoms with Crippen molar-refractivity contribution in [2.24, 2.45) is 0 Å². The molecular weight excluding hydrogens is 212 g/mol. The fourth-order valence-electron chi connectivity index (χ4n) is 0.981. The Morgan fingerprint density at radius 1 is 1.57 bits per heavy atom. The van der Waals surface area contributed by atoms with Crippen molar-refractivity contribution in [2.45, 2.75) is 19.1 Å². The Morgan fingerprint density at radius 2 is 2.43 bits per heavy atom. The van der Waals surface area contributed by atoms with E-state index in [4.69, 9.17) is 5.11 Å². The zero-order chi connectivity index (χ0) is 10.2. The first-order valence-electron chi connectivity index (χ1n) is 4.61. The summed E-state index contributed by atoms with van der Waals surface area (Å²) < 4.78 is 0. The van der Waals surface area contributed by atoms with Crippen LogP contribution in [0.4, 0.5) is 0 Å². The first-order chi connectivity index (χ1) is 6.86. The van der Waals surface area contributed by atoms with Gasteiger partial charge in [-0.1, -0.05) is 18.8 Å². The summed E-state index contributed by atoms with van der Waals surface area (Å²) >= 11 is 3.70. The molecule has 0 aliphatic rings. The second-order valence-electron chi connectivity index (χ2n) is 2.81. The summed E-state index contributed by atoms with van der Waals surface area (Å²) in [6.45, 7) is 2.13. The molecule has 0 unspecified atom stereocenters. The lowest BCUT2D eigenvalue weighted by atomic mass is 10.3. The normalized spacial score (nSPS) is 9.57. The van der Waals surface area contributed by atoms with Gasteiger partial charge in [0.25, 0.3) is 0 Å². The van der Waals surface area contributed by atoms with E-state index >= 15 is 0 Å². The molecule has 1 heterocycles. The molecule has 1 aromatic heterocycles. The van der Waals surface area contributed by atoms with Gasteiger partial charge in [-0.05, 0) is 18.2 Å². The first kappa shape index (κ1) is 11.6. The summed E-state index contributed by atoms with van der Waals surface area (Å²) in [6, 6.07) is 2.11. The van der Waals surface area contributed by atoms with Crippen LogP contribution in [0.25, 0.3) is 0 Å². The molecule has 0 radical (unpaired) electrons. The van der Waals surface area contributed by atoms with Gasteiger partial charge >= 0.3 is 0 Å². The van der Waals surface area contributed by atoms with E-state index < -0.39 is 0 Å². The van der Waals surface area contributed by atoms with Crippen LogP contribution in [0.5, 0.6) is 0 Å². The number of thiophene rings is 1. The number of hydrogen-bond donors (Lipinski definition) is 1. The minimum Gasteiger partial charge on any atom is -0.384 e. The highest BCUT2D eigenvalue weighted by Crippen LogP contribution is 2.20. The summed E-state index contributed by atoms with van der Waals surface area (Å²) in [5.74, 6) is 7.86. The second-order valence-corrected chi connectivity index (χ2v) is 4.92. The molecule has 1 rings (SSSR count). The van der Waals surface area contributed by atoms with Crippen LogP contribution in [0.3, 0.4) is 0 Å². The van der Waals surface area contributed by atoms with Crippen LogP contribution in [-0.2, 0) is 5.75 Å². The number of aliphatic hydroxyl groups excluding tert-OH is 1. The minimum absolute atomic E-state index is 0.0598. The van der Waals surface area contributed by atoms with Crippen LogP contribution >= 0.6 is 23.1 Å². The number of hydrogen-bond acceptors (Lipinski definition) is 3. The van der Waals surface area contributed by atoms with Crippen molar-refractivity contribution in [1.82, 2.24) is 0 Å². The average molecular weight is 226 g/mol. The molecule has 0 spiro atoms. The quantitative estimate of drug-likeness (QED) is 0.629. The number of rotatable bonds is 4. The Kier molecular flexibility index (Phi) is 5.77. The third kappa shape index (κ3) is 4.19. The van der Waals surface area contributed by atoms with Gasteiger partial charge in [0.1, 0.15) is 6.61 Å².